The van der Waals surface area contributed by atoms with Crippen LogP contribution in [0.25, 0.3) is 0 Å². The van der Waals surface area contributed by atoms with E-state index < -0.39 is 63.1 Å². The Morgan fingerprint density at radius 3 is 1.55 bits per heavy atom. The number of carbonyl (C=O) groups excluding carboxylic acids is 1. The highest BCUT2D eigenvalue weighted by molar-refractivity contribution is 7.47. The van der Waals surface area contributed by atoms with Crippen LogP contribution >= 0.6 is 7.82 Å². The van der Waals surface area contributed by atoms with Gasteiger partial charge in [-0.05, 0) is 51.4 Å². The number of phosphoric acid groups is 1. The molecule has 0 spiro atoms. The highest BCUT2D eigenvalue weighted by Crippen LogP contribution is 2.47. The van der Waals surface area contributed by atoms with Crippen LogP contribution in [0.2, 0.25) is 0 Å². The number of ether oxygens (including phenoxy) is 2. The zero-order chi connectivity index (χ0) is 42.7. The number of rotatable bonds is 37. The van der Waals surface area contributed by atoms with Gasteiger partial charge in [-0.3, -0.25) is 13.8 Å². The molecule has 0 aliphatic heterocycles. The summed E-state index contributed by atoms with van der Waals surface area (Å²) in [7, 11) is -5.02. The van der Waals surface area contributed by atoms with E-state index in [9.17, 15) is 39.8 Å². The molecule has 0 aromatic heterocycles. The Morgan fingerprint density at radius 1 is 0.569 bits per heavy atom. The molecule has 0 aromatic rings. The van der Waals surface area contributed by atoms with Gasteiger partial charge in [-0.25, -0.2) is 4.57 Å². The first-order valence-corrected chi connectivity index (χ1v) is 24.0. The molecule has 0 bridgehead atoms. The summed E-state index contributed by atoms with van der Waals surface area (Å²) in [6.07, 6.45) is 30.4. The molecule has 13 heteroatoms. The Kier molecular flexibility index (Phi) is 33.7. The molecule has 6 unspecified atom stereocenters. The summed E-state index contributed by atoms with van der Waals surface area (Å²) < 4.78 is 34.1. The van der Waals surface area contributed by atoms with Crippen molar-refractivity contribution < 1.29 is 58.3 Å². The molecule has 0 aromatic carbocycles. The summed E-state index contributed by atoms with van der Waals surface area (Å²) >= 11 is 0. The van der Waals surface area contributed by atoms with Crippen LogP contribution in [0.5, 0.6) is 0 Å². The number of aliphatic hydroxyl groups is 5. The molecule has 0 amide bonds. The Hall–Kier alpha value is -1.70. The minimum atomic E-state index is -5.02. The number of unbranched alkanes of at least 4 members (excludes halogenated alkanes) is 17. The maximum Gasteiger partial charge on any atom is 0.472 e. The number of esters is 1. The van der Waals surface area contributed by atoms with Crippen molar-refractivity contribution in [2.24, 2.45) is 0 Å². The molecular formula is C45H81O12P. The van der Waals surface area contributed by atoms with Crippen molar-refractivity contribution in [3.63, 3.8) is 0 Å². The predicted molar refractivity (Wildman–Crippen MR) is 230 cm³/mol. The summed E-state index contributed by atoms with van der Waals surface area (Å²) in [6, 6.07) is 0. The molecule has 1 rings (SSSR count). The van der Waals surface area contributed by atoms with Crippen LogP contribution in [0.15, 0.2) is 48.6 Å². The van der Waals surface area contributed by atoms with Crippen molar-refractivity contribution in [1.29, 1.82) is 0 Å². The third-order valence-corrected chi connectivity index (χ3v) is 11.2. The van der Waals surface area contributed by atoms with Crippen LogP contribution in [-0.4, -0.2) is 98.9 Å². The van der Waals surface area contributed by atoms with Crippen LogP contribution in [0.1, 0.15) is 168 Å². The molecule has 6 atom stereocenters. The quantitative estimate of drug-likeness (QED) is 0.0151. The van der Waals surface area contributed by atoms with Crippen LogP contribution in [0, 0.1) is 0 Å². The summed E-state index contributed by atoms with van der Waals surface area (Å²) in [6.45, 7) is 4.10. The average molecular weight is 845 g/mol. The van der Waals surface area contributed by atoms with E-state index >= 15 is 0 Å². The summed E-state index contributed by atoms with van der Waals surface area (Å²) in [5, 5.41) is 50.1. The highest BCUT2D eigenvalue weighted by atomic mass is 31.2. The molecular weight excluding hydrogens is 763 g/mol. The van der Waals surface area contributed by atoms with E-state index in [2.05, 4.69) is 62.5 Å². The van der Waals surface area contributed by atoms with Crippen LogP contribution in [0.4, 0.5) is 0 Å². The first kappa shape index (κ1) is 54.3. The van der Waals surface area contributed by atoms with Crippen molar-refractivity contribution in [3.05, 3.63) is 48.6 Å². The summed E-state index contributed by atoms with van der Waals surface area (Å²) in [5.41, 5.74) is 0. The second kappa shape index (κ2) is 36.0. The van der Waals surface area contributed by atoms with Gasteiger partial charge in [0, 0.05) is 13.0 Å². The predicted octanol–water partition coefficient (Wildman–Crippen LogP) is 8.86. The largest absolute Gasteiger partial charge is 0.472 e. The number of phosphoric ester groups is 1. The lowest BCUT2D eigenvalue weighted by Crippen LogP contribution is -2.64. The molecule has 0 radical (unpaired) electrons. The topological polar surface area (TPSA) is 192 Å². The molecule has 1 aliphatic rings. The minimum Gasteiger partial charge on any atom is -0.457 e. The van der Waals surface area contributed by atoms with Crippen molar-refractivity contribution in [2.75, 3.05) is 19.8 Å². The van der Waals surface area contributed by atoms with Gasteiger partial charge in [-0.2, -0.15) is 0 Å². The van der Waals surface area contributed by atoms with Gasteiger partial charge in [-0.15, -0.1) is 0 Å². The zero-order valence-electron chi connectivity index (χ0n) is 35.8. The normalized spacial score (nSPS) is 23.1. The van der Waals surface area contributed by atoms with Gasteiger partial charge in [0.15, 0.2) is 0 Å². The molecule has 0 saturated heterocycles. The molecule has 1 fully saturated rings. The molecule has 0 heterocycles. The SMILES string of the molecule is CC/C=C\C/C=C\C/C=C\C/C=C\CCCCCCCCCOCC(COP(=O)(O)OC1C(O)C(O)C(O)C(O)C1O)OC(=O)CCCCCCCCCCCCC. The Morgan fingerprint density at radius 2 is 1.02 bits per heavy atom. The Labute approximate surface area is 350 Å². The van der Waals surface area contributed by atoms with Gasteiger partial charge in [-0.1, -0.05) is 159 Å². The zero-order valence-corrected chi connectivity index (χ0v) is 36.7. The second-order valence-electron chi connectivity index (χ2n) is 15.5. The number of hydrogen-bond acceptors (Lipinski definition) is 11. The fraction of sp³-hybridized carbons (Fsp3) is 0.800. The molecule has 58 heavy (non-hydrogen) atoms. The monoisotopic (exact) mass is 845 g/mol. The Bertz CT molecular complexity index is 1140. The van der Waals surface area contributed by atoms with E-state index in [1.807, 2.05) is 0 Å². The number of hydrogen-bond donors (Lipinski definition) is 6. The number of carbonyl (C=O) groups is 1. The van der Waals surface area contributed by atoms with Crippen molar-refractivity contribution in [1.82, 2.24) is 0 Å². The third-order valence-electron chi connectivity index (χ3n) is 10.2. The molecule has 6 N–H and O–H groups in total. The number of aliphatic hydroxyl groups excluding tert-OH is 5. The van der Waals surface area contributed by atoms with E-state index in [4.69, 9.17) is 18.5 Å². The maximum atomic E-state index is 12.8. The van der Waals surface area contributed by atoms with Crippen molar-refractivity contribution in [3.8, 4) is 0 Å². The maximum absolute atomic E-state index is 12.8. The van der Waals surface area contributed by atoms with Gasteiger partial charge in [0.05, 0.1) is 13.2 Å². The fourth-order valence-corrected chi connectivity index (χ4v) is 7.61. The van der Waals surface area contributed by atoms with Crippen LogP contribution in [-0.2, 0) is 27.9 Å². The second-order valence-corrected chi connectivity index (χ2v) is 16.9. The van der Waals surface area contributed by atoms with Gasteiger partial charge >= 0.3 is 13.8 Å². The lowest BCUT2D eigenvalue weighted by molar-refractivity contribution is -0.220. The molecule has 1 saturated carbocycles. The first-order chi connectivity index (χ1) is 28.0. The van der Waals surface area contributed by atoms with E-state index in [0.29, 0.717) is 13.0 Å². The van der Waals surface area contributed by atoms with E-state index in [1.54, 1.807) is 0 Å². The molecule has 1 aliphatic carbocycles. The fourth-order valence-electron chi connectivity index (χ4n) is 6.64. The smallest absolute Gasteiger partial charge is 0.457 e. The summed E-state index contributed by atoms with van der Waals surface area (Å²) in [4.78, 5) is 23.1. The average Bonchev–Trinajstić information content (AvgIpc) is 3.21. The van der Waals surface area contributed by atoms with Crippen LogP contribution in [0.3, 0.4) is 0 Å². The lowest BCUT2D eigenvalue weighted by atomic mass is 9.85. The van der Waals surface area contributed by atoms with E-state index in [1.165, 1.54) is 64.2 Å². The standard InChI is InChI=1S/C45H81O12P/c1-3-5-7-9-11-13-15-16-17-18-19-20-21-22-23-25-27-29-31-33-35-54-36-38(56-39(46)34-32-30-28-26-24-14-12-10-8-6-4-2)37-55-58(52,53)57-45-43(50)41(48)40(47)42(49)44(45)51/h5,7,11,13,16-17,19-20,38,40-45,47-51H,3-4,6,8-10,12,14-15,18,21-37H2,1-2H3,(H,52,53)/b7-5-,13-11-,17-16-,20-19-. The van der Waals surface area contributed by atoms with Gasteiger partial charge in [0.1, 0.15) is 42.7 Å². The Balaban J connectivity index is 2.38. The van der Waals surface area contributed by atoms with Crippen molar-refractivity contribution >= 4 is 13.8 Å². The van der Waals surface area contributed by atoms with Crippen molar-refractivity contribution in [2.45, 2.75) is 211 Å². The lowest BCUT2D eigenvalue weighted by Gasteiger charge is -2.41. The third kappa shape index (κ3) is 27.9. The van der Waals surface area contributed by atoms with E-state index in [0.717, 1.165) is 77.0 Å². The molecule has 12 nitrogen and oxygen atoms in total. The minimum absolute atomic E-state index is 0.0837. The molecule has 338 valence electrons. The van der Waals surface area contributed by atoms with Gasteiger partial charge in [0.25, 0.3) is 0 Å². The number of allylic oxidation sites excluding steroid dienone is 8. The highest BCUT2D eigenvalue weighted by Gasteiger charge is 2.51. The van der Waals surface area contributed by atoms with Crippen LogP contribution < -0.4 is 0 Å². The van der Waals surface area contributed by atoms with E-state index in [-0.39, 0.29) is 13.0 Å². The van der Waals surface area contributed by atoms with Gasteiger partial charge < -0.3 is 39.9 Å². The summed E-state index contributed by atoms with van der Waals surface area (Å²) in [5.74, 6) is -0.484. The first-order valence-electron chi connectivity index (χ1n) is 22.5. The van der Waals surface area contributed by atoms with Gasteiger partial charge in [0.2, 0.25) is 0 Å².